The van der Waals surface area contributed by atoms with E-state index in [1.54, 1.807) is 12.4 Å². The van der Waals surface area contributed by atoms with E-state index in [0.717, 1.165) is 18.4 Å². The highest BCUT2D eigenvalue weighted by molar-refractivity contribution is 5.77. The van der Waals surface area contributed by atoms with Gasteiger partial charge in [0, 0.05) is 25.4 Å². The van der Waals surface area contributed by atoms with Crippen molar-refractivity contribution in [3.63, 3.8) is 0 Å². The lowest BCUT2D eigenvalue weighted by Crippen LogP contribution is -2.55. The van der Waals surface area contributed by atoms with E-state index in [2.05, 4.69) is 15.6 Å². The van der Waals surface area contributed by atoms with Crippen molar-refractivity contribution in [3.05, 3.63) is 30.1 Å². The SMILES string of the molecule is CCC(CC)(CNC(=O)OC(C)(C)C)NC(=O)CCc1cccnc1. The van der Waals surface area contributed by atoms with Crippen molar-refractivity contribution in [2.75, 3.05) is 6.54 Å². The molecule has 1 rings (SSSR count). The summed E-state index contributed by atoms with van der Waals surface area (Å²) in [5, 5.41) is 5.86. The molecular formula is C19H31N3O3. The summed E-state index contributed by atoms with van der Waals surface area (Å²) in [6.45, 7) is 9.80. The summed E-state index contributed by atoms with van der Waals surface area (Å²) in [5.41, 5.74) is 0.0178. The minimum absolute atomic E-state index is 0.0291. The fourth-order valence-electron chi connectivity index (χ4n) is 2.44. The van der Waals surface area contributed by atoms with E-state index >= 15 is 0 Å². The van der Waals surface area contributed by atoms with Crippen LogP contribution in [0.3, 0.4) is 0 Å². The fourth-order valence-corrected chi connectivity index (χ4v) is 2.44. The maximum atomic E-state index is 12.3. The molecule has 0 aliphatic heterocycles. The maximum Gasteiger partial charge on any atom is 0.407 e. The zero-order chi connectivity index (χ0) is 18.9. The van der Waals surface area contributed by atoms with Gasteiger partial charge in [-0.1, -0.05) is 19.9 Å². The molecule has 6 heteroatoms. The number of pyridine rings is 1. The highest BCUT2D eigenvalue weighted by Gasteiger charge is 2.29. The molecule has 0 atom stereocenters. The average Bonchev–Trinajstić information content (AvgIpc) is 2.56. The first-order chi connectivity index (χ1) is 11.7. The van der Waals surface area contributed by atoms with Crippen LogP contribution in [0.4, 0.5) is 4.79 Å². The third kappa shape index (κ3) is 8.01. The van der Waals surface area contributed by atoms with Gasteiger partial charge in [0.1, 0.15) is 5.60 Å². The number of rotatable bonds is 8. The van der Waals surface area contributed by atoms with Gasteiger partial charge < -0.3 is 15.4 Å². The first-order valence-electron chi connectivity index (χ1n) is 8.86. The van der Waals surface area contributed by atoms with E-state index in [9.17, 15) is 9.59 Å². The molecule has 0 saturated carbocycles. The Bertz CT molecular complexity index is 549. The molecule has 0 radical (unpaired) electrons. The summed E-state index contributed by atoms with van der Waals surface area (Å²) >= 11 is 0. The molecule has 1 aromatic heterocycles. The summed E-state index contributed by atoms with van der Waals surface area (Å²) in [6.07, 6.45) is 5.48. The van der Waals surface area contributed by atoms with Gasteiger partial charge in [0.25, 0.3) is 0 Å². The Labute approximate surface area is 150 Å². The smallest absolute Gasteiger partial charge is 0.407 e. The molecule has 0 bridgehead atoms. The van der Waals surface area contributed by atoms with Crippen LogP contribution >= 0.6 is 0 Å². The lowest BCUT2D eigenvalue weighted by atomic mass is 9.92. The Balaban J connectivity index is 2.55. The summed E-state index contributed by atoms with van der Waals surface area (Å²) in [6, 6.07) is 3.82. The van der Waals surface area contributed by atoms with Crippen LogP contribution in [0.15, 0.2) is 24.5 Å². The molecule has 1 heterocycles. The van der Waals surface area contributed by atoms with Gasteiger partial charge in [-0.3, -0.25) is 9.78 Å². The van der Waals surface area contributed by atoms with Crippen LogP contribution in [0.25, 0.3) is 0 Å². The third-order valence-corrected chi connectivity index (χ3v) is 4.09. The van der Waals surface area contributed by atoms with Crippen LogP contribution in [0, 0.1) is 0 Å². The van der Waals surface area contributed by atoms with E-state index in [4.69, 9.17) is 4.74 Å². The molecule has 0 fully saturated rings. The van der Waals surface area contributed by atoms with Crippen LogP contribution in [0.5, 0.6) is 0 Å². The van der Waals surface area contributed by atoms with Crippen molar-refractivity contribution in [2.24, 2.45) is 0 Å². The molecule has 0 saturated heterocycles. The lowest BCUT2D eigenvalue weighted by molar-refractivity contribution is -0.123. The van der Waals surface area contributed by atoms with E-state index in [1.807, 2.05) is 46.8 Å². The molecule has 1 aromatic rings. The van der Waals surface area contributed by atoms with Crippen LogP contribution in [0.2, 0.25) is 0 Å². The van der Waals surface area contributed by atoms with Crippen LogP contribution in [-0.4, -0.2) is 34.7 Å². The molecule has 6 nitrogen and oxygen atoms in total. The zero-order valence-corrected chi connectivity index (χ0v) is 16.0. The molecule has 0 aliphatic rings. The Morgan fingerprint density at radius 1 is 1.20 bits per heavy atom. The molecule has 0 aromatic carbocycles. The first-order valence-corrected chi connectivity index (χ1v) is 8.86. The van der Waals surface area contributed by atoms with E-state index in [1.165, 1.54) is 0 Å². The summed E-state index contributed by atoms with van der Waals surface area (Å²) in [5.74, 6) is -0.0291. The summed E-state index contributed by atoms with van der Waals surface area (Å²) < 4.78 is 5.26. The lowest BCUT2D eigenvalue weighted by Gasteiger charge is -2.33. The Morgan fingerprint density at radius 3 is 2.40 bits per heavy atom. The molecule has 2 N–H and O–H groups in total. The van der Waals surface area contributed by atoms with Gasteiger partial charge in [0.05, 0.1) is 5.54 Å². The van der Waals surface area contributed by atoms with Crippen LogP contribution in [0.1, 0.15) is 59.4 Å². The fraction of sp³-hybridized carbons (Fsp3) is 0.632. The summed E-state index contributed by atoms with van der Waals surface area (Å²) in [4.78, 5) is 28.3. The van der Waals surface area contributed by atoms with E-state index in [0.29, 0.717) is 19.4 Å². The van der Waals surface area contributed by atoms with Gasteiger partial charge >= 0.3 is 6.09 Å². The number of carbonyl (C=O) groups is 2. The number of alkyl carbamates (subject to hydrolysis) is 1. The highest BCUT2D eigenvalue weighted by atomic mass is 16.6. The monoisotopic (exact) mass is 349 g/mol. The van der Waals surface area contributed by atoms with Crippen molar-refractivity contribution >= 4 is 12.0 Å². The predicted molar refractivity (Wildman–Crippen MR) is 98.3 cm³/mol. The average molecular weight is 349 g/mol. The molecule has 0 spiro atoms. The van der Waals surface area contributed by atoms with E-state index in [-0.39, 0.29) is 5.91 Å². The van der Waals surface area contributed by atoms with Gasteiger partial charge in [0.15, 0.2) is 0 Å². The van der Waals surface area contributed by atoms with Crippen molar-refractivity contribution in [1.29, 1.82) is 0 Å². The number of hydrogen-bond acceptors (Lipinski definition) is 4. The second-order valence-corrected chi connectivity index (χ2v) is 7.25. The molecule has 0 unspecified atom stereocenters. The molecule has 0 aliphatic carbocycles. The molecular weight excluding hydrogens is 318 g/mol. The minimum Gasteiger partial charge on any atom is -0.444 e. The second-order valence-electron chi connectivity index (χ2n) is 7.25. The number of aryl methyl sites for hydroxylation is 1. The number of carbonyl (C=O) groups excluding carboxylic acids is 2. The maximum absolute atomic E-state index is 12.3. The number of nitrogens with zero attached hydrogens (tertiary/aromatic N) is 1. The normalized spacial score (nSPS) is 11.7. The number of ether oxygens (including phenoxy) is 1. The van der Waals surface area contributed by atoms with E-state index < -0.39 is 17.2 Å². The zero-order valence-electron chi connectivity index (χ0n) is 16.0. The van der Waals surface area contributed by atoms with Crippen molar-refractivity contribution in [2.45, 2.75) is 71.4 Å². The van der Waals surface area contributed by atoms with Gasteiger partial charge in [-0.25, -0.2) is 4.79 Å². The van der Waals surface area contributed by atoms with Gasteiger partial charge in [-0.05, 0) is 51.7 Å². The van der Waals surface area contributed by atoms with Gasteiger partial charge in [0.2, 0.25) is 5.91 Å². The van der Waals surface area contributed by atoms with Crippen molar-refractivity contribution in [1.82, 2.24) is 15.6 Å². The standard InChI is InChI=1S/C19H31N3O3/c1-6-19(7-2,14-21-17(24)25-18(3,4)5)22-16(23)11-10-15-9-8-12-20-13-15/h8-9,12-13H,6-7,10-11,14H2,1-5H3,(H,21,24)(H,22,23). The topological polar surface area (TPSA) is 80.3 Å². The molecule has 25 heavy (non-hydrogen) atoms. The van der Waals surface area contributed by atoms with Crippen LogP contribution < -0.4 is 10.6 Å². The van der Waals surface area contributed by atoms with Gasteiger partial charge in [-0.15, -0.1) is 0 Å². The number of aromatic nitrogens is 1. The molecule has 140 valence electrons. The Kier molecular flexibility index (Phi) is 7.87. The van der Waals surface area contributed by atoms with Crippen molar-refractivity contribution in [3.8, 4) is 0 Å². The largest absolute Gasteiger partial charge is 0.444 e. The Hall–Kier alpha value is -2.11. The second kappa shape index (κ2) is 9.39. The number of hydrogen-bond donors (Lipinski definition) is 2. The highest BCUT2D eigenvalue weighted by Crippen LogP contribution is 2.15. The predicted octanol–water partition coefficient (Wildman–Crippen LogP) is 3.21. The number of amides is 2. The molecule has 2 amide bonds. The van der Waals surface area contributed by atoms with Crippen LogP contribution in [-0.2, 0) is 16.0 Å². The number of nitrogens with one attached hydrogen (secondary N) is 2. The van der Waals surface area contributed by atoms with Gasteiger partial charge in [-0.2, -0.15) is 0 Å². The quantitative estimate of drug-likeness (QED) is 0.755. The third-order valence-electron chi connectivity index (χ3n) is 4.09. The Morgan fingerprint density at radius 2 is 1.88 bits per heavy atom. The first kappa shape index (κ1) is 20.9. The summed E-state index contributed by atoms with van der Waals surface area (Å²) in [7, 11) is 0. The minimum atomic E-state index is -0.544. The van der Waals surface area contributed by atoms with Crippen molar-refractivity contribution < 1.29 is 14.3 Å².